The molecule has 1 amide bonds. The third kappa shape index (κ3) is 5.86. The molecule has 0 radical (unpaired) electrons. The molecule has 0 fully saturated rings. The fourth-order valence-electron chi connectivity index (χ4n) is 2.00. The molecule has 2 aromatic carbocycles. The van der Waals surface area contributed by atoms with E-state index in [1.807, 2.05) is 0 Å². The van der Waals surface area contributed by atoms with Crippen LogP contribution in [0.4, 0.5) is 5.69 Å². The van der Waals surface area contributed by atoms with E-state index in [-0.39, 0.29) is 16.6 Å². The van der Waals surface area contributed by atoms with Gasteiger partial charge in [0.05, 0.1) is 12.2 Å². The van der Waals surface area contributed by atoms with E-state index in [9.17, 15) is 9.59 Å². The number of ether oxygens (including phenoxy) is 1. The van der Waals surface area contributed by atoms with Crippen LogP contribution >= 0.6 is 12.2 Å². The molecular formula is C19H20N2O4S. The number of benzene rings is 2. The predicted molar refractivity (Wildman–Crippen MR) is 104 cm³/mol. The van der Waals surface area contributed by atoms with Crippen molar-refractivity contribution in [3.63, 3.8) is 0 Å². The molecule has 0 aliphatic heterocycles. The van der Waals surface area contributed by atoms with E-state index in [1.165, 1.54) is 12.1 Å². The van der Waals surface area contributed by atoms with Crippen molar-refractivity contribution in [2.45, 2.75) is 13.8 Å². The highest BCUT2D eigenvalue weighted by Gasteiger charge is 2.09. The van der Waals surface area contributed by atoms with Crippen molar-refractivity contribution in [1.82, 2.24) is 5.32 Å². The Kier molecular flexibility index (Phi) is 6.68. The van der Waals surface area contributed by atoms with E-state index < -0.39 is 5.97 Å². The molecule has 0 atom stereocenters. The predicted octanol–water partition coefficient (Wildman–Crippen LogP) is 3.55. The summed E-state index contributed by atoms with van der Waals surface area (Å²) in [7, 11) is 0. The van der Waals surface area contributed by atoms with E-state index in [0.717, 1.165) is 0 Å². The summed E-state index contributed by atoms with van der Waals surface area (Å²) in [6.45, 7) is 4.73. The van der Waals surface area contributed by atoms with Crippen LogP contribution in [-0.2, 0) is 0 Å². The molecule has 26 heavy (non-hydrogen) atoms. The summed E-state index contributed by atoms with van der Waals surface area (Å²) < 4.78 is 5.58. The normalized spacial score (nSPS) is 10.3. The number of rotatable bonds is 6. The zero-order valence-corrected chi connectivity index (χ0v) is 15.3. The first-order chi connectivity index (χ1) is 12.3. The van der Waals surface area contributed by atoms with Gasteiger partial charge in [-0.15, -0.1) is 0 Å². The summed E-state index contributed by atoms with van der Waals surface area (Å²) in [5.74, 6) is -0.228. The van der Waals surface area contributed by atoms with Crippen molar-refractivity contribution < 1.29 is 19.4 Å². The maximum Gasteiger partial charge on any atom is 0.335 e. The van der Waals surface area contributed by atoms with Gasteiger partial charge in [0.15, 0.2) is 5.11 Å². The van der Waals surface area contributed by atoms with Crippen LogP contribution in [0.5, 0.6) is 5.75 Å². The number of carbonyl (C=O) groups excluding carboxylic acids is 1. The molecule has 0 aromatic heterocycles. The Balaban J connectivity index is 1.90. The average Bonchev–Trinajstić information content (AvgIpc) is 2.60. The smallest absolute Gasteiger partial charge is 0.335 e. The first kappa shape index (κ1) is 19.4. The topological polar surface area (TPSA) is 87.7 Å². The number of anilines is 1. The Bertz CT molecular complexity index is 786. The monoisotopic (exact) mass is 372 g/mol. The van der Waals surface area contributed by atoms with Crippen LogP contribution in [0.3, 0.4) is 0 Å². The molecule has 6 nitrogen and oxygen atoms in total. The van der Waals surface area contributed by atoms with Gasteiger partial charge in [-0.3, -0.25) is 10.1 Å². The lowest BCUT2D eigenvalue weighted by atomic mass is 10.2. The van der Waals surface area contributed by atoms with Gasteiger partial charge in [0.25, 0.3) is 5.91 Å². The molecule has 2 rings (SSSR count). The Morgan fingerprint density at radius 3 is 2.15 bits per heavy atom. The molecule has 0 unspecified atom stereocenters. The van der Waals surface area contributed by atoms with E-state index in [0.29, 0.717) is 29.5 Å². The minimum absolute atomic E-state index is 0.123. The Hall–Kier alpha value is -2.93. The van der Waals surface area contributed by atoms with E-state index in [4.69, 9.17) is 22.1 Å². The van der Waals surface area contributed by atoms with Gasteiger partial charge in [0, 0.05) is 11.3 Å². The van der Waals surface area contributed by atoms with Crippen LogP contribution in [0, 0.1) is 5.92 Å². The number of thiocarbonyl (C=S) groups is 1. The molecular weight excluding hydrogens is 352 g/mol. The van der Waals surface area contributed by atoms with Crippen molar-refractivity contribution in [2.24, 2.45) is 5.92 Å². The highest BCUT2D eigenvalue weighted by atomic mass is 32.1. The molecule has 0 saturated heterocycles. The standard InChI is InChI=1S/C19H20N2O4S/c1-12(2)11-25-16-9-5-13(6-10-16)17(22)21-19(26)20-15-7-3-14(4-8-15)18(23)24/h3-10,12H,11H2,1-2H3,(H,23,24)(H2,20,21,22,26). The number of amides is 1. The average molecular weight is 372 g/mol. The van der Waals surface area contributed by atoms with Gasteiger partial charge in [-0.05, 0) is 66.7 Å². The summed E-state index contributed by atoms with van der Waals surface area (Å²) in [6.07, 6.45) is 0. The van der Waals surface area contributed by atoms with Crippen LogP contribution in [-0.4, -0.2) is 28.7 Å². The maximum atomic E-state index is 12.2. The number of aromatic carboxylic acids is 1. The fourth-order valence-corrected chi connectivity index (χ4v) is 2.21. The van der Waals surface area contributed by atoms with Gasteiger partial charge in [0.1, 0.15) is 5.75 Å². The van der Waals surface area contributed by atoms with Crippen LogP contribution in [0.25, 0.3) is 0 Å². The molecule has 7 heteroatoms. The second-order valence-electron chi connectivity index (χ2n) is 6.02. The van der Waals surface area contributed by atoms with Crippen LogP contribution < -0.4 is 15.4 Å². The van der Waals surface area contributed by atoms with Gasteiger partial charge < -0.3 is 15.2 Å². The minimum atomic E-state index is -1.01. The molecule has 3 N–H and O–H groups in total. The quantitative estimate of drug-likeness (QED) is 0.672. The SMILES string of the molecule is CC(C)COc1ccc(C(=O)NC(=S)Nc2ccc(C(=O)O)cc2)cc1. The second kappa shape index (κ2) is 8.96. The van der Waals surface area contributed by atoms with Crippen molar-refractivity contribution in [1.29, 1.82) is 0 Å². The van der Waals surface area contributed by atoms with Crippen LogP contribution in [0.15, 0.2) is 48.5 Å². The molecule has 136 valence electrons. The lowest BCUT2D eigenvalue weighted by molar-refractivity contribution is 0.0696. The van der Waals surface area contributed by atoms with Gasteiger partial charge in [-0.2, -0.15) is 0 Å². The molecule has 0 heterocycles. The Labute approximate surface area is 157 Å². The third-order valence-electron chi connectivity index (χ3n) is 3.32. The van der Waals surface area contributed by atoms with Crippen LogP contribution in [0.1, 0.15) is 34.6 Å². The lowest BCUT2D eigenvalue weighted by Gasteiger charge is -2.11. The number of carboxylic acids is 1. The highest BCUT2D eigenvalue weighted by molar-refractivity contribution is 7.80. The minimum Gasteiger partial charge on any atom is -0.493 e. The summed E-state index contributed by atoms with van der Waals surface area (Å²) in [6, 6.07) is 12.8. The van der Waals surface area contributed by atoms with Crippen molar-refractivity contribution in [3.05, 3.63) is 59.7 Å². The lowest BCUT2D eigenvalue weighted by Crippen LogP contribution is -2.34. The highest BCUT2D eigenvalue weighted by Crippen LogP contribution is 2.14. The van der Waals surface area contributed by atoms with E-state index in [1.54, 1.807) is 36.4 Å². The van der Waals surface area contributed by atoms with Crippen LogP contribution in [0.2, 0.25) is 0 Å². The number of hydrogen-bond acceptors (Lipinski definition) is 4. The molecule has 2 aromatic rings. The van der Waals surface area contributed by atoms with Gasteiger partial charge in [-0.1, -0.05) is 13.8 Å². The Morgan fingerprint density at radius 2 is 1.62 bits per heavy atom. The van der Waals surface area contributed by atoms with Crippen molar-refractivity contribution in [3.8, 4) is 5.75 Å². The molecule has 0 aliphatic rings. The van der Waals surface area contributed by atoms with E-state index >= 15 is 0 Å². The fraction of sp³-hybridized carbons (Fsp3) is 0.211. The second-order valence-corrected chi connectivity index (χ2v) is 6.43. The number of carboxylic acid groups (broad SMARTS) is 1. The zero-order chi connectivity index (χ0) is 19.1. The number of carbonyl (C=O) groups is 2. The molecule has 0 aliphatic carbocycles. The number of nitrogens with one attached hydrogen (secondary N) is 2. The summed E-state index contributed by atoms with van der Waals surface area (Å²) in [5, 5.41) is 14.4. The summed E-state index contributed by atoms with van der Waals surface area (Å²) in [5.41, 5.74) is 1.20. The first-order valence-electron chi connectivity index (χ1n) is 8.03. The van der Waals surface area contributed by atoms with Gasteiger partial charge in [-0.25, -0.2) is 4.79 Å². The number of hydrogen-bond donors (Lipinski definition) is 3. The Morgan fingerprint density at radius 1 is 1.04 bits per heavy atom. The third-order valence-corrected chi connectivity index (χ3v) is 3.52. The molecule has 0 bridgehead atoms. The maximum absolute atomic E-state index is 12.2. The largest absolute Gasteiger partial charge is 0.493 e. The van der Waals surface area contributed by atoms with Gasteiger partial charge >= 0.3 is 5.97 Å². The van der Waals surface area contributed by atoms with Crippen molar-refractivity contribution in [2.75, 3.05) is 11.9 Å². The molecule has 0 spiro atoms. The first-order valence-corrected chi connectivity index (χ1v) is 8.44. The van der Waals surface area contributed by atoms with Gasteiger partial charge in [0.2, 0.25) is 0 Å². The summed E-state index contributed by atoms with van der Waals surface area (Å²) in [4.78, 5) is 23.0. The van der Waals surface area contributed by atoms with Crippen molar-refractivity contribution >= 4 is 34.9 Å². The zero-order valence-electron chi connectivity index (χ0n) is 14.5. The molecule has 0 saturated carbocycles. The van der Waals surface area contributed by atoms with E-state index in [2.05, 4.69) is 24.5 Å². The summed E-state index contributed by atoms with van der Waals surface area (Å²) >= 11 is 5.11.